The monoisotopic (exact) mass is 90.0 g/mol. The van der Waals surface area contributed by atoms with Crippen molar-refractivity contribution in [2.45, 2.75) is 0 Å². The highest BCUT2D eigenvalue weighted by molar-refractivity contribution is 5.71. The summed E-state index contributed by atoms with van der Waals surface area (Å²) in [5, 5.41) is 9.73. The first-order valence-corrected chi connectivity index (χ1v) is 1.41. The molecule has 0 aliphatic carbocycles. The molecule has 0 aromatic carbocycles. The van der Waals surface area contributed by atoms with E-state index in [0.29, 0.717) is 0 Å². The minimum Gasteiger partial charge on any atom is -0.376 e. The molecule has 4 nitrogen and oxygen atoms in total. The summed E-state index contributed by atoms with van der Waals surface area (Å²) in [5.74, 6) is 0. The molecular formula is C2H6N2O2. The van der Waals surface area contributed by atoms with Crippen LogP contribution in [0.1, 0.15) is 0 Å². The molecule has 0 aliphatic rings. The van der Waals surface area contributed by atoms with Crippen LogP contribution in [0.15, 0.2) is 0 Å². The fourth-order valence-corrected chi connectivity index (χ4v) is 0.0779. The van der Waals surface area contributed by atoms with Gasteiger partial charge in [0.15, 0.2) is 0 Å². The van der Waals surface area contributed by atoms with Crippen LogP contribution in [0, 0.1) is 0 Å². The highest BCUT2D eigenvalue weighted by atomic mass is 16.3. The molecule has 0 fully saturated rings. The maximum Gasteiger partial charge on any atom is 0.313 e. The van der Waals surface area contributed by atoms with Gasteiger partial charge in [0.25, 0.3) is 0 Å². The molecule has 36 valence electrons. The fourth-order valence-electron chi connectivity index (χ4n) is 0.0779. The number of nitrogens with two attached hydrogens (primary N) is 1. The molecule has 4 heteroatoms. The molecule has 0 radical (unpaired) electrons. The first-order valence-electron chi connectivity index (χ1n) is 1.41. The lowest BCUT2D eigenvalue weighted by molar-refractivity contribution is 0.225. The van der Waals surface area contributed by atoms with Gasteiger partial charge in [0.2, 0.25) is 0 Å². The number of nitrogens with one attached hydrogen (secondary N) is 1. The van der Waals surface area contributed by atoms with E-state index < -0.39 is 12.8 Å². The lowest BCUT2D eigenvalue weighted by Crippen LogP contribution is -2.29. The number of primary amides is 1. The van der Waals surface area contributed by atoms with Gasteiger partial charge in [-0.15, -0.1) is 0 Å². The predicted molar refractivity (Wildman–Crippen MR) is 19.8 cm³/mol. The third-order valence-electron chi connectivity index (χ3n) is 0.253. The second-order valence-corrected chi connectivity index (χ2v) is 0.699. The number of carbonyl (C=O) groups is 1. The number of urea groups is 1. The van der Waals surface area contributed by atoms with E-state index in [9.17, 15) is 4.79 Å². The number of hydrogen-bond acceptors (Lipinski definition) is 2. The van der Waals surface area contributed by atoms with Gasteiger partial charge >= 0.3 is 6.03 Å². The topological polar surface area (TPSA) is 75.4 Å². The zero-order valence-electron chi connectivity index (χ0n) is 3.14. The quantitative estimate of drug-likeness (QED) is 0.346. The van der Waals surface area contributed by atoms with Crippen LogP contribution in [-0.4, -0.2) is 17.9 Å². The summed E-state index contributed by atoms with van der Waals surface area (Å²) in [5.41, 5.74) is 4.49. The maximum absolute atomic E-state index is 9.55. The highest BCUT2D eigenvalue weighted by Crippen LogP contribution is 1.45. The van der Waals surface area contributed by atoms with Crippen LogP contribution in [0.2, 0.25) is 0 Å². The van der Waals surface area contributed by atoms with E-state index in [0.717, 1.165) is 0 Å². The summed E-state index contributed by atoms with van der Waals surface area (Å²) in [7, 11) is 0. The van der Waals surface area contributed by atoms with Crippen molar-refractivity contribution in [1.29, 1.82) is 0 Å². The largest absolute Gasteiger partial charge is 0.376 e. The zero-order valence-corrected chi connectivity index (χ0v) is 3.14. The van der Waals surface area contributed by atoms with Gasteiger partial charge in [0.05, 0.1) is 0 Å². The molecule has 0 spiro atoms. The molecule has 0 heterocycles. The molecular weight excluding hydrogens is 84.0 g/mol. The predicted octanol–water partition coefficient (Wildman–Crippen LogP) is -1.40. The molecule has 0 aromatic rings. The molecule has 6 heavy (non-hydrogen) atoms. The van der Waals surface area contributed by atoms with Crippen molar-refractivity contribution < 1.29 is 9.90 Å². The molecule has 0 rings (SSSR count). The summed E-state index contributed by atoms with van der Waals surface area (Å²) < 4.78 is 0. The molecule has 0 unspecified atom stereocenters. The van der Waals surface area contributed by atoms with Crippen molar-refractivity contribution in [3.8, 4) is 0 Å². The van der Waals surface area contributed by atoms with E-state index in [1.165, 1.54) is 0 Å². The molecule has 4 N–H and O–H groups in total. The Hall–Kier alpha value is -0.770. The average molecular weight is 90.1 g/mol. The van der Waals surface area contributed by atoms with E-state index in [1.807, 2.05) is 5.32 Å². The van der Waals surface area contributed by atoms with Crippen LogP contribution in [0.5, 0.6) is 0 Å². The Kier molecular flexibility index (Phi) is 2.15. The zero-order chi connectivity index (χ0) is 4.99. The summed E-state index contributed by atoms with van der Waals surface area (Å²) in [4.78, 5) is 9.55. The first-order chi connectivity index (χ1) is 2.77. The van der Waals surface area contributed by atoms with Gasteiger partial charge in [0.1, 0.15) is 6.73 Å². The van der Waals surface area contributed by atoms with Crippen LogP contribution in [0.4, 0.5) is 4.79 Å². The van der Waals surface area contributed by atoms with Crippen molar-refractivity contribution in [2.24, 2.45) is 5.73 Å². The number of amides is 2. The molecule has 0 saturated carbocycles. The molecule has 0 aromatic heterocycles. The molecule has 0 bridgehead atoms. The lowest BCUT2D eigenvalue weighted by atomic mass is 11.0. The van der Waals surface area contributed by atoms with E-state index in [1.54, 1.807) is 0 Å². The van der Waals surface area contributed by atoms with Crippen LogP contribution in [0.25, 0.3) is 0 Å². The van der Waals surface area contributed by atoms with E-state index >= 15 is 0 Å². The van der Waals surface area contributed by atoms with Crippen LogP contribution in [-0.2, 0) is 0 Å². The number of aliphatic hydroxyl groups is 1. The minimum absolute atomic E-state index is 0.394. The maximum atomic E-state index is 9.55. The molecule has 0 saturated heterocycles. The van der Waals surface area contributed by atoms with E-state index in [-0.39, 0.29) is 0 Å². The minimum atomic E-state index is -0.711. The van der Waals surface area contributed by atoms with Crippen molar-refractivity contribution >= 4 is 6.03 Å². The second-order valence-electron chi connectivity index (χ2n) is 0.699. The number of aliphatic hydroxyl groups excluding tert-OH is 1. The third kappa shape index (κ3) is 3.23. The Morgan fingerprint density at radius 1 is 2.00 bits per heavy atom. The summed E-state index contributed by atoms with van der Waals surface area (Å²) >= 11 is 0. The van der Waals surface area contributed by atoms with Crippen molar-refractivity contribution in [1.82, 2.24) is 5.32 Å². The van der Waals surface area contributed by atoms with Gasteiger partial charge in [0, 0.05) is 0 Å². The van der Waals surface area contributed by atoms with Gasteiger partial charge in [-0.05, 0) is 0 Å². The first kappa shape index (κ1) is 5.23. The van der Waals surface area contributed by atoms with Crippen LogP contribution in [0.3, 0.4) is 0 Å². The summed E-state index contributed by atoms with van der Waals surface area (Å²) in [6.07, 6.45) is 0. The van der Waals surface area contributed by atoms with Crippen molar-refractivity contribution in [2.75, 3.05) is 6.73 Å². The smallest absolute Gasteiger partial charge is 0.313 e. The lowest BCUT2D eigenvalue weighted by Gasteiger charge is -1.88. The Labute approximate surface area is 34.9 Å². The van der Waals surface area contributed by atoms with Gasteiger partial charge in [-0.1, -0.05) is 0 Å². The van der Waals surface area contributed by atoms with Gasteiger partial charge < -0.3 is 16.2 Å². The van der Waals surface area contributed by atoms with E-state index in [4.69, 9.17) is 5.11 Å². The number of hydrogen-bond donors (Lipinski definition) is 3. The Bertz CT molecular complexity index is 53.5. The Morgan fingerprint density at radius 3 is 2.50 bits per heavy atom. The average Bonchev–Trinajstić information content (AvgIpc) is 1.35. The van der Waals surface area contributed by atoms with Crippen molar-refractivity contribution in [3.63, 3.8) is 0 Å². The number of rotatable bonds is 1. The number of carbonyl (C=O) groups excluding carboxylic acids is 1. The van der Waals surface area contributed by atoms with Crippen LogP contribution >= 0.6 is 0 Å². The Balaban J connectivity index is 2.83. The van der Waals surface area contributed by atoms with Gasteiger partial charge in [-0.2, -0.15) is 0 Å². The molecule has 0 aliphatic heterocycles. The second kappa shape index (κ2) is 2.47. The summed E-state index contributed by atoms with van der Waals surface area (Å²) in [6, 6.07) is -0.711. The Morgan fingerprint density at radius 2 is 2.50 bits per heavy atom. The highest BCUT2D eigenvalue weighted by Gasteiger charge is 1.80. The normalized spacial score (nSPS) is 7.50. The van der Waals surface area contributed by atoms with Crippen molar-refractivity contribution in [3.05, 3.63) is 0 Å². The van der Waals surface area contributed by atoms with Gasteiger partial charge in [-0.25, -0.2) is 4.79 Å². The van der Waals surface area contributed by atoms with E-state index in [2.05, 4.69) is 5.73 Å². The standard InChI is InChI=1S/C2H6N2O2/c3-2(6)4-1-5/h5H,1H2,(H3,3,4,6). The van der Waals surface area contributed by atoms with Gasteiger partial charge in [-0.3, -0.25) is 0 Å². The van der Waals surface area contributed by atoms with Crippen LogP contribution < -0.4 is 11.1 Å². The molecule has 2 amide bonds. The molecule has 0 atom stereocenters. The SMILES string of the molecule is NC(=O)NCO. The summed E-state index contributed by atoms with van der Waals surface area (Å²) in [6.45, 7) is -0.394. The third-order valence-corrected chi connectivity index (χ3v) is 0.253. The fraction of sp³-hybridized carbons (Fsp3) is 0.500.